The van der Waals surface area contributed by atoms with E-state index in [9.17, 15) is 9.59 Å². The van der Waals surface area contributed by atoms with E-state index in [1.165, 1.54) is 31.8 Å². The first-order chi connectivity index (χ1) is 11.3. The standard InChI is InChI=1S/C21H28O3/c1-13(22)24-19-7-6-17-16-5-4-14-12-15(23)8-10-20(14,2)18(16)9-11-21(17,19)3/h8,10,12,16-19H,4-7,9,11H2,1-3H3/t16-,17-,18-,19-,20-,21-/m1/s1. The Labute approximate surface area is 144 Å². The van der Waals surface area contributed by atoms with Crippen LogP contribution in [-0.4, -0.2) is 17.9 Å². The highest BCUT2D eigenvalue weighted by atomic mass is 16.5. The second-order valence-corrected chi connectivity index (χ2v) is 8.82. The van der Waals surface area contributed by atoms with Gasteiger partial charge in [-0.2, -0.15) is 0 Å². The molecule has 3 nitrogen and oxygen atoms in total. The molecular formula is C21H28O3. The summed E-state index contributed by atoms with van der Waals surface area (Å²) in [4.78, 5) is 23.3. The second-order valence-electron chi connectivity index (χ2n) is 8.82. The van der Waals surface area contributed by atoms with Gasteiger partial charge < -0.3 is 4.74 Å². The quantitative estimate of drug-likeness (QED) is 0.677. The van der Waals surface area contributed by atoms with Gasteiger partial charge in [-0.1, -0.05) is 25.5 Å². The zero-order valence-corrected chi connectivity index (χ0v) is 15.0. The van der Waals surface area contributed by atoms with Gasteiger partial charge in [0.15, 0.2) is 5.78 Å². The smallest absolute Gasteiger partial charge is 0.302 e. The first kappa shape index (κ1) is 16.1. The Hall–Kier alpha value is -1.38. The fraction of sp³-hybridized carbons (Fsp3) is 0.714. The maximum atomic E-state index is 11.8. The summed E-state index contributed by atoms with van der Waals surface area (Å²) < 4.78 is 5.70. The summed E-state index contributed by atoms with van der Waals surface area (Å²) in [5, 5.41) is 0. The number of hydrogen-bond donors (Lipinski definition) is 0. The Balaban J connectivity index is 1.63. The molecule has 6 atom stereocenters. The molecule has 0 aromatic carbocycles. The predicted octanol–water partition coefficient (Wildman–Crippen LogP) is 4.23. The van der Waals surface area contributed by atoms with Crippen LogP contribution in [0.4, 0.5) is 0 Å². The van der Waals surface area contributed by atoms with Crippen molar-refractivity contribution in [3.63, 3.8) is 0 Å². The maximum absolute atomic E-state index is 11.8. The number of fused-ring (bicyclic) bond motifs is 5. The van der Waals surface area contributed by atoms with Gasteiger partial charge in [-0.15, -0.1) is 0 Å². The van der Waals surface area contributed by atoms with Crippen LogP contribution in [0.15, 0.2) is 23.8 Å². The largest absolute Gasteiger partial charge is 0.462 e. The maximum Gasteiger partial charge on any atom is 0.302 e. The van der Waals surface area contributed by atoms with Crippen LogP contribution in [0.5, 0.6) is 0 Å². The molecule has 4 aliphatic carbocycles. The number of carbonyl (C=O) groups excluding carboxylic acids is 2. The van der Waals surface area contributed by atoms with E-state index in [0.29, 0.717) is 17.8 Å². The van der Waals surface area contributed by atoms with Crippen molar-refractivity contribution in [1.82, 2.24) is 0 Å². The molecule has 0 N–H and O–H groups in total. The van der Waals surface area contributed by atoms with Gasteiger partial charge >= 0.3 is 5.97 Å². The van der Waals surface area contributed by atoms with Crippen molar-refractivity contribution >= 4 is 11.8 Å². The molecule has 0 aromatic rings. The molecule has 0 spiro atoms. The molecule has 0 bridgehead atoms. The number of hydrogen-bond acceptors (Lipinski definition) is 3. The third-order valence-corrected chi connectivity index (χ3v) is 7.78. The molecule has 0 saturated heterocycles. The van der Waals surface area contributed by atoms with Crippen LogP contribution in [0.3, 0.4) is 0 Å². The van der Waals surface area contributed by atoms with Crippen molar-refractivity contribution < 1.29 is 14.3 Å². The molecule has 3 saturated carbocycles. The van der Waals surface area contributed by atoms with Gasteiger partial charge in [0.05, 0.1) is 0 Å². The molecule has 0 unspecified atom stereocenters. The average Bonchev–Trinajstić information content (AvgIpc) is 2.84. The van der Waals surface area contributed by atoms with Crippen molar-refractivity contribution in [2.75, 3.05) is 0 Å². The summed E-state index contributed by atoms with van der Waals surface area (Å²) in [6.07, 6.45) is 12.6. The molecule has 0 aliphatic heterocycles. The van der Waals surface area contributed by atoms with E-state index in [1.807, 2.05) is 6.08 Å². The van der Waals surface area contributed by atoms with E-state index >= 15 is 0 Å². The van der Waals surface area contributed by atoms with Crippen molar-refractivity contribution in [3.05, 3.63) is 23.8 Å². The summed E-state index contributed by atoms with van der Waals surface area (Å²) in [5.41, 5.74) is 1.53. The lowest BCUT2D eigenvalue weighted by Crippen LogP contribution is -2.50. The van der Waals surface area contributed by atoms with Gasteiger partial charge in [-0.05, 0) is 68.4 Å². The van der Waals surface area contributed by atoms with Crippen molar-refractivity contribution in [3.8, 4) is 0 Å². The normalized spacial score (nSPS) is 46.6. The van der Waals surface area contributed by atoms with E-state index in [1.54, 1.807) is 6.08 Å². The van der Waals surface area contributed by atoms with Crippen LogP contribution >= 0.6 is 0 Å². The number of ketones is 1. The van der Waals surface area contributed by atoms with Gasteiger partial charge in [0.1, 0.15) is 6.10 Å². The molecule has 0 radical (unpaired) electrons. The number of allylic oxidation sites excluding steroid dienone is 4. The number of rotatable bonds is 1. The summed E-state index contributed by atoms with van der Waals surface area (Å²) in [6.45, 7) is 6.22. The van der Waals surface area contributed by atoms with Crippen LogP contribution in [0.25, 0.3) is 0 Å². The third kappa shape index (κ3) is 2.16. The molecule has 4 aliphatic rings. The number of ether oxygens (including phenoxy) is 1. The van der Waals surface area contributed by atoms with Crippen LogP contribution in [0, 0.1) is 28.6 Å². The average molecular weight is 328 g/mol. The molecule has 3 fully saturated rings. The first-order valence-electron chi connectivity index (χ1n) is 9.46. The Morgan fingerprint density at radius 1 is 1.17 bits per heavy atom. The van der Waals surface area contributed by atoms with E-state index < -0.39 is 0 Å². The van der Waals surface area contributed by atoms with Gasteiger partial charge in [-0.3, -0.25) is 9.59 Å². The minimum absolute atomic E-state index is 0.0533. The molecule has 4 rings (SSSR count). The third-order valence-electron chi connectivity index (χ3n) is 7.78. The number of carbonyl (C=O) groups is 2. The monoisotopic (exact) mass is 328 g/mol. The highest BCUT2D eigenvalue weighted by molar-refractivity contribution is 6.01. The summed E-state index contributed by atoms with van der Waals surface area (Å²) >= 11 is 0. The van der Waals surface area contributed by atoms with Gasteiger partial charge in [-0.25, -0.2) is 0 Å². The molecule has 3 heteroatoms. The van der Waals surface area contributed by atoms with E-state index in [-0.39, 0.29) is 28.7 Å². The van der Waals surface area contributed by atoms with Crippen molar-refractivity contribution in [2.45, 2.75) is 65.4 Å². The fourth-order valence-corrected chi connectivity index (χ4v) is 6.54. The highest BCUT2D eigenvalue weighted by Gasteiger charge is 2.59. The van der Waals surface area contributed by atoms with E-state index in [0.717, 1.165) is 19.3 Å². The van der Waals surface area contributed by atoms with Gasteiger partial charge in [0.25, 0.3) is 0 Å². The second kappa shape index (κ2) is 5.31. The minimum Gasteiger partial charge on any atom is -0.462 e. The molecular weight excluding hydrogens is 300 g/mol. The lowest BCUT2D eigenvalue weighted by atomic mass is 9.48. The zero-order chi connectivity index (χ0) is 17.1. The van der Waals surface area contributed by atoms with E-state index in [2.05, 4.69) is 19.9 Å². The van der Waals surface area contributed by atoms with Gasteiger partial charge in [0.2, 0.25) is 0 Å². The molecule has 130 valence electrons. The SMILES string of the molecule is CC(=O)O[C@@H]1CC[C@@H]2[C@H]3CCC4=CC(=O)C=C[C@@]4(C)[C@@H]3CC[C@]21C. The first-order valence-corrected chi connectivity index (χ1v) is 9.46. The lowest BCUT2D eigenvalue weighted by molar-refractivity contribution is -0.156. The molecule has 0 aromatic heterocycles. The van der Waals surface area contributed by atoms with Crippen molar-refractivity contribution in [1.29, 1.82) is 0 Å². The number of esters is 1. The Kier molecular flexibility index (Phi) is 3.56. The lowest BCUT2D eigenvalue weighted by Gasteiger charge is -2.56. The van der Waals surface area contributed by atoms with Crippen molar-refractivity contribution in [2.24, 2.45) is 28.6 Å². The zero-order valence-electron chi connectivity index (χ0n) is 15.0. The Morgan fingerprint density at radius 3 is 2.71 bits per heavy atom. The Morgan fingerprint density at radius 2 is 1.96 bits per heavy atom. The fourth-order valence-electron chi connectivity index (χ4n) is 6.54. The van der Waals surface area contributed by atoms with E-state index in [4.69, 9.17) is 4.74 Å². The van der Waals surface area contributed by atoms with Gasteiger partial charge in [0, 0.05) is 17.8 Å². The summed E-state index contributed by atoms with van der Waals surface area (Å²) in [6, 6.07) is 0. The summed E-state index contributed by atoms with van der Waals surface area (Å²) in [7, 11) is 0. The Bertz CT molecular complexity index is 645. The van der Waals surface area contributed by atoms with Crippen LogP contribution in [0.2, 0.25) is 0 Å². The van der Waals surface area contributed by atoms with Crippen LogP contribution < -0.4 is 0 Å². The highest BCUT2D eigenvalue weighted by Crippen LogP contribution is 2.64. The van der Waals surface area contributed by atoms with Crippen LogP contribution in [-0.2, 0) is 14.3 Å². The van der Waals surface area contributed by atoms with Crippen LogP contribution in [0.1, 0.15) is 59.3 Å². The summed E-state index contributed by atoms with van der Waals surface area (Å²) in [5.74, 6) is 1.96. The molecule has 24 heavy (non-hydrogen) atoms. The minimum atomic E-state index is -0.140. The molecule has 0 heterocycles. The molecule has 0 amide bonds. The predicted molar refractivity (Wildman–Crippen MR) is 92.2 cm³/mol. The topological polar surface area (TPSA) is 43.4 Å².